The van der Waals surface area contributed by atoms with Crippen LogP contribution in [0.25, 0.3) is 0 Å². The summed E-state index contributed by atoms with van der Waals surface area (Å²) in [7, 11) is 0. The Balaban J connectivity index is 2.06. The minimum absolute atomic E-state index is 0.354. The highest BCUT2D eigenvalue weighted by atomic mass is 32.2. The van der Waals surface area contributed by atoms with Crippen LogP contribution in [0.2, 0.25) is 0 Å². The summed E-state index contributed by atoms with van der Waals surface area (Å²) in [4.78, 5) is 4.13. The van der Waals surface area contributed by atoms with Crippen molar-refractivity contribution < 1.29 is 9.84 Å². The van der Waals surface area contributed by atoms with Crippen LogP contribution in [0.3, 0.4) is 0 Å². The molecule has 1 saturated heterocycles. The maximum Gasteiger partial charge on any atom is 0.137 e. The van der Waals surface area contributed by atoms with Gasteiger partial charge in [0.2, 0.25) is 0 Å². The Morgan fingerprint density at radius 3 is 3.18 bits per heavy atom. The molecule has 0 radical (unpaired) electrons. The Morgan fingerprint density at radius 1 is 1.59 bits per heavy atom. The Morgan fingerprint density at radius 2 is 2.47 bits per heavy atom. The van der Waals surface area contributed by atoms with Crippen molar-refractivity contribution in [3.8, 4) is 5.75 Å². The number of hydrogen-bond acceptors (Lipinski definition) is 4. The van der Waals surface area contributed by atoms with E-state index in [-0.39, 0.29) is 0 Å². The number of aliphatic hydroxyl groups excluding tert-OH is 1. The summed E-state index contributed by atoms with van der Waals surface area (Å²) in [5, 5.41) is 10.3. The normalized spacial score (nSPS) is 22.1. The smallest absolute Gasteiger partial charge is 0.137 e. The number of rotatable bonds is 4. The van der Waals surface area contributed by atoms with Crippen LogP contribution in [0.4, 0.5) is 0 Å². The fraction of sp³-hybridized carbons (Fsp3) is 0.615. The van der Waals surface area contributed by atoms with Gasteiger partial charge < -0.3 is 9.84 Å². The third-order valence-corrected chi connectivity index (χ3v) is 4.27. The van der Waals surface area contributed by atoms with Gasteiger partial charge in [0.15, 0.2) is 0 Å². The van der Waals surface area contributed by atoms with Gasteiger partial charge in [-0.15, -0.1) is 0 Å². The molecule has 0 aliphatic carbocycles. The molecule has 0 aromatic carbocycles. The lowest BCUT2D eigenvalue weighted by atomic mass is 9.94. The summed E-state index contributed by atoms with van der Waals surface area (Å²) in [6.07, 6.45) is 5.33. The lowest BCUT2D eigenvalue weighted by Gasteiger charge is -2.26. The number of aromatic nitrogens is 1. The van der Waals surface area contributed by atoms with E-state index in [0.29, 0.717) is 12.5 Å². The molecular weight excluding hydrogens is 234 g/mol. The summed E-state index contributed by atoms with van der Waals surface area (Å²) in [5.74, 6) is 3.36. The van der Waals surface area contributed by atoms with Gasteiger partial charge >= 0.3 is 0 Å². The summed E-state index contributed by atoms with van der Waals surface area (Å²) < 4.78 is 5.41. The predicted molar refractivity (Wildman–Crippen MR) is 70.4 cm³/mol. The van der Waals surface area contributed by atoms with Crippen molar-refractivity contribution in [1.82, 2.24) is 4.98 Å². The first-order valence-corrected chi connectivity index (χ1v) is 7.30. The molecule has 0 amide bonds. The van der Waals surface area contributed by atoms with Crippen molar-refractivity contribution in [2.24, 2.45) is 5.92 Å². The first-order valence-electron chi connectivity index (χ1n) is 6.15. The van der Waals surface area contributed by atoms with Gasteiger partial charge in [0, 0.05) is 11.8 Å². The average molecular weight is 253 g/mol. The zero-order valence-electron chi connectivity index (χ0n) is 10.1. The van der Waals surface area contributed by atoms with Crippen molar-refractivity contribution in [3.63, 3.8) is 0 Å². The number of pyridine rings is 1. The number of hydrogen-bond donors (Lipinski definition) is 1. The van der Waals surface area contributed by atoms with Crippen LogP contribution < -0.4 is 4.74 Å². The molecule has 2 rings (SSSR count). The van der Waals surface area contributed by atoms with Gasteiger partial charge in [-0.05, 0) is 43.3 Å². The predicted octanol–water partition coefficient (Wildman–Crippen LogP) is 2.66. The SMILES string of the molecule is CCOc1cncc(C(O)C2CCCSC2)c1. The molecule has 1 fully saturated rings. The lowest BCUT2D eigenvalue weighted by molar-refractivity contribution is 0.112. The number of ether oxygens (including phenoxy) is 1. The molecule has 2 heterocycles. The lowest BCUT2D eigenvalue weighted by Crippen LogP contribution is -2.19. The van der Waals surface area contributed by atoms with Gasteiger partial charge in [-0.1, -0.05) is 0 Å². The molecule has 1 aliphatic heterocycles. The van der Waals surface area contributed by atoms with Gasteiger partial charge in [0.25, 0.3) is 0 Å². The molecule has 3 nitrogen and oxygen atoms in total. The fourth-order valence-electron chi connectivity index (χ4n) is 2.13. The van der Waals surface area contributed by atoms with E-state index in [1.54, 1.807) is 12.4 Å². The van der Waals surface area contributed by atoms with Crippen LogP contribution in [-0.2, 0) is 0 Å². The summed E-state index contributed by atoms with van der Waals surface area (Å²) in [6.45, 7) is 2.57. The van der Waals surface area contributed by atoms with E-state index in [1.165, 1.54) is 12.2 Å². The largest absolute Gasteiger partial charge is 0.492 e. The van der Waals surface area contributed by atoms with Gasteiger partial charge in [-0.3, -0.25) is 4.98 Å². The second-order valence-corrected chi connectivity index (χ2v) is 5.46. The Hall–Kier alpha value is -0.740. The van der Waals surface area contributed by atoms with Crippen LogP contribution in [0.5, 0.6) is 5.75 Å². The van der Waals surface area contributed by atoms with Crippen LogP contribution in [0.1, 0.15) is 31.4 Å². The summed E-state index contributed by atoms with van der Waals surface area (Å²) in [6, 6.07) is 1.90. The molecule has 0 bridgehead atoms. The zero-order valence-corrected chi connectivity index (χ0v) is 10.9. The maximum absolute atomic E-state index is 10.3. The summed E-state index contributed by atoms with van der Waals surface area (Å²) >= 11 is 1.93. The van der Waals surface area contributed by atoms with E-state index >= 15 is 0 Å². The Labute approximate surface area is 107 Å². The topological polar surface area (TPSA) is 42.4 Å². The zero-order chi connectivity index (χ0) is 12.1. The standard InChI is InChI=1S/C13H19NO2S/c1-2-16-12-6-11(7-14-8-12)13(15)10-4-3-5-17-9-10/h6-8,10,13,15H,2-5,9H2,1H3. The van der Waals surface area contributed by atoms with Crippen molar-refractivity contribution in [2.45, 2.75) is 25.9 Å². The minimum Gasteiger partial charge on any atom is -0.492 e. The maximum atomic E-state index is 10.3. The van der Waals surface area contributed by atoms with Crippen LogP contribution in [0.15, 0.2) is 18.5 Å². The van der Waals surface area contributed by atoms with Crippen molar-refractivity contribution in [3.05, 3.63) is 24.0 Å². The molecule has 1 N–H and O–H groups in total. The van der Waals surface area contributed by atoms with E-state index in [4.69, 9.17) is 4.74 Å². The third kappa shape index (κ3) is 3.36. The molecule has 1 aliphatic rings. The van der Waals surface area contributed by atoms with Gasteiger partial charge in [-0.25, -0.2) is 0 Å². The molecule has 0 spiro atoms. The van der Waals surface area contributed by atoms with Crippen LogP contribution in [0, 0.1) is 5.92 Å². The third-order valence-electron chi connectivity index (χ3n) is 3.03. The van der Waals surface area contributed by atoms with Crippen LogP contribution in [-0.4, -0.2) is 28.2 Å². The molecule has 94 valence electrons. The van der Waals surface area contributed by atoms with Crippen molar-refractivity contribution in [1.29, 1.82) is 0 Å². The monoisotopic (exact) mass is 253 g/mol. The van der Waals surface area contributed by atoms with E-state index in [1.807, 2.05) is 24.8 Å². The average Bonchev–Trinajstić information content (AvgIpc) is 2.40. The molecule has 4 heteroatoms. The summed E-state index contributed by atoms with van der Waals surface area (Å²) in [5.41, 5.74) is 0.878. The highest BCUT2D eigenvalue weighted by molar-refractivity contribution is 7.99. The van der Waals surface area contributed by atoms with E-state index < -0.39 is 6.10 Å². The number of nitrogens with zero attached hydrogens (tertiary/aromatic N) is 1. The van der Waals surface area contributed by atoms with Gasteiger partial charge in [0.05, 0.1) is 18.9 Å². The number of thioether (sulfide) groups is 1. The fourth-order valence-corrected chi connectivity index (χ4v) is 3.32. The van der Waals surface area contributed by atoms with Crippen LogP contribution >= 0.6 is 11.8 Å². The Kier molecular flexibility index (Phi) is 4.68. The molecule has 2 atom stereocenters. The first kappa shape index (κ1) is 12.7. The molecular formula is C13H19NO2S. The molecule has 0 saturated carbocycles. The second kappa shape index (κ2) is 6.26. The van der Waals surface area contributed by atoms with Gasteiger partial charge in [-0.2, -0.15) is 11.8 Å². The minimum atomic E-state index is -0.407. The Bertz CT molecular complexity index is 353. The van der Waals surface area contributed by atoms with E-state index in [9.17, 15) is 5.11 Å². The second-order valence-electron chi connectivity index (χ2n) is 4.31. The highest BCUT2D eigenvalue weighted by Crippen LogP contribution is 2.33. The van der Waals surface area contributed by atoms with Crippen molar-refractivity contribution in [2.75, 3.05) is 18.1 Å². The quantitative estimate of drug-likeness (QED) is 0.896. The molecule has 2 unspecified atom stereocenters. The first-order chi connectivity index (χ1) is 8.31. The highest BCUT2D eigenvalue weighted by Gasteiger charge is 2.23. The van der Waals surface area contributed by atoms with E-state index in [2.05, 4.69) is 4.98 Å². The van der Waals surface area contributed by atoms with E-state index in [0.717, 1.165) is 23.5 Å². The number of aliphatic hydroxyl groups is 1. The van der Waals surface area contributed by atoms with Gasteiger partial charge in [0.1, 0.15) is 5.75 Å². The molecule has 1 aromatic rings. The molecule has 1 aromatic heterocycles. The molecule has 17 heavy (non-hydrogen) atoms. The van der Waals surface area contributed by atoms with Crippen molar-refractivity contribution >= 4 is 11.8 Å².